The van der Waals surface area contributed by atoms with E-state index >= 15 is 0 Å². The molecule has 94 valence electrons. The first-order valence-electron chi connectivity index (χ1n) is 6.48. The summed E-state index contributed by atoms with van der Waals surface area (Å²) in [4.78, 5) is 19.0. The molecular weight excluding hydrogens is 216 g/mol. The van der Waals surface area contributed by atoms with Crippen molar-refractivity contribution in [1.29, 1.82) is 0 Å². The summed E-state index contributed by atoms with van der Waals surface area (Å²) in [5.74, 6) is 0.783. The second-order valence-corrected chi connectivity index (χ2v) is 4.63. The zero-order valence-electron chi connectivity index (χ0n) is 10.4. The van der Waals surface area contributed by atoms with Gasteiger partial charge in [0.2, 0.25) is 0 Å². The minimum absolute atomic E-state index is 0.00220. The molecule has 0 aromatic carbocycles. The maximum atomic E-state index is 11.8. The fourth-order valence-corrected chi connectivity index (χ4v) is 2.18. The third-order valence-electron chi connectivity index (χ3n) is 3.13. The molecule has 0 spiro atoms. The fourth-order valence-electron chi connectivity index (χ4n) is 2.18. The standard InChI is InChI=1S/C13H20N2O2/c1-2-5-12-14-9-10(13(16)15-12)8-11-6-3-4-7-17-11/h9,11H,2-8H2,1H3,(H,14,15,16). The van der Waals surface area contributed by atoms with Crippen LogP contribution in [0, 0.1) is 0 Å². The van der Waals surface area contributed by atoms with E-state index in [1.54, 1.807) is 6.20 Å². The molecule has 4 nitrogen and oxygen atoms in total. The van der Waals surface area contributed by atoms with Gasteiger partial charge in [-0.1, -0.05) is 6.92 Å². The lowest BCUT2D eigenvalue weighted by molar-refractivity contribution is 0.0165. The molecule has 0 aliphatic carbocycles. The van der Waals surface area contributed by atoms with Crippen molar-refractivity contribution in [3.05, 3.63) is 27.9 Å². The van der Waals surface area contributed by atoms with Crippen LogP contribution in [0.25, 0.3) is 0 Å². The molecule has 0 radical (unpaired) electrons. The van der Waals surface area contributed by atoms with E-state index in [-0.39, 0.29) is 11.7 Å². The lowest BCUT2D eigenvalue weighted by Gasteiger charge is -2.22. The molecule has 1 atom stereocenters. The van der Waals surface area contributed by atoms with Gasteiger partial charge < -0.3 is 9.72 Å². The first-order valence-corrected chi connectivity index (χ1v) is 6.48. The summed E-state index contributed by atoms with van der Waals surface area (Å²) in [6, 6.07) is 0. The Morgan fingerprint density at radius 2 is 2.41 bits per heavy atom. The largest absolute Gasteiger partial charge is 0.378 e. The number of nitrogens with zero attached hydrogens (tertiary/aromatic N) is 1. The van der Waals surface area contributed by atoms with Crippen molar-refractivity contribution in [2.45, 2.75) is 51.6 Å². The maximum Gasteiger partial charge on any atom is 0.254 e. The fraction of sp³-hybridized carbons (Fsp3) is 0.692. The van der Waals surface area contributed by atoms with Gasteiger partial charge in [0, 0.05) is 31.2 Å². The van der Waals surface area contributed by atoms with Crippen LogP contribution >= 0.6 is 0 Å². The summed E-state index contributed by atoms with van der Waals surface area (Å²) in [6.07, 6.45) is 7.81. The van der Waals surface area contributed by atoms with Crippen molar-refractivity contribution < 1.29 is 4.74 Å². The third-order valence-corrected chi connectivity index (χ3v) is 3.13. The Labute approximate surface area is 101 Å². The molecule has 1 aromatic heterocycles. The van der Waals surface area contributed by atoms with Crippen LogP contribution in [0.3, 0.4) is 0 Å². The molecule has 0 bridgehead atoms. The monoisotopic (exact) mass is 236 g/mol. The highest BCUT2D eigenvalue weighted by molar-refractivity contribution is 5.07. The van der Waals surface area contributed by atoms with Crippen LogP contribution in [-0.2, 0) is 17.6 Å². The van der Waals surface area contributed by atoms with E-state index in [0.29, 0.717) is 6.42 Å². The van der Waals surface area contributed by atoms with Gasteiger partial charge in [-0.15, -0.1) is 0 Å². The molecule has 17 heavy (non-hydrogen) atoms. The van der Waals surface area contributed by atoms with Gasteiger partial charge in [-0.2, -0.15) is 0 Å². The quantitative estimate of drug-likeness (QED) is 0.867. The Hall–Kier alpha value is -1.16. The summed E-state index contributed by atoms with van der Waals surface area (Å²) in [6.45, 7) is 2.90. The second-order valence-electron chi connectivity index (χ2n) is 4.63. The van der Waals surface area contributed by atoms with Crippen LogP contribution < -0.4 is 5.56 Å². The molecule has 0 amide bonds. The first kappa shape index (κ1) is 12.3. The number of aromatic nitrogens is 2. The van der Waals surface area contributed by atoms with Crippen molar-refractivity contribution in [3.8, 4) is 0 Å². The summed E-state index contributed by atoms with van der Waals surface area (Å²) >= 11 is 0. The smallest absolute Gasteiger partial charge is 0.254 e. The molecule has 1 fully saturated rings. The molecule has 1 N–H and O–H groups in total. The molecule has 1 aliphatic rings. The van der Waals surface area contributed by atoms with Crippen LogP contribution in [0.4, 0.5) is 0 Å². The highest BCUT2D eigenvalue weighted by Crippen LogP contribution is 2.15. The molecule has 2 rings (SSSR count). The number of H-pyrrole nitrogens is 1. The van der Waals surface area contributed by atoms with Gasteiger partial charge in [0.15, 0.2) is 0 Å². The van der Waals surface area contributed by atoms with Crippen molar-refractivity contribution in [2.24, 2.45) is 0 Å². The van der Waals surface area contributed by atoms with E-state index in [0.717, 1.165) is 43.7 Å². The number of hydrogen-bond donors (Lipinski definition) is 1. The minimum Gasteiger partial charge on any atom is -0.378 e. The van der Waals surface area contributed by atoms with E-state index < -0.39 is 0 Å². The van der Waals surface area contributed by atoms with Crippen molar-refractivity contribution in [2.75, 3.05) is 6.61 Å². The predicted molar refractivity (Wildman–Crippen MR) is 66.1 cm³/mol. The second kappa shape index (κ2) is 5.96. The Kier molecular flexibility index (Phi) is 4.31. The van der Waals surface area contributed by atoms with E-state index in [1.807, 2.05) is 0 Å². The van der Waals surface area contributed by atoms with Gasteiger partial charge in [0.05, 0.1) is 6.10 Å². The normalized spacial score (nSPS) is 20.4. The van der Waals surface area contributed by atoms with Gasteiger partial charge in [-0.05, 0) is 25.7 Å². The van der Waals surface area contributed by atoms with Crippen molar-refractivity contribution in [3.63, 3.8) is 0 Å². The molecule has 1 aromatic rings. The first-order chi connectivity index (χ1) is 8.29. The summed E-state index contributed by atoms with van der Waals surface area (Å²) in [5.41, 5.74) is 0.745. The van der Waals surface area contributed by atoms with E-state index in [4.69, 9.17) is 4.74 Å². The average Bonchev–Trinajstić information content (AvgIpc) is 2.34. The van der Waals surface area contributed by atoms with Crippen LogP contribution in [-0.4, -0.2) is 22.7 Å². The Morgan fingerprint density at radius 3 is 3.06 bits per heavy atom. The van der Waals surface area contributed by atoms with Crippen LogP contribution in [0.15, 0.2) is 11.0 Å². The van der Waals surface area contributed by atoms with Crippen molar-refractivity contribution >= 4 is 0 Å². The lowest BCUT2D eigenvalue weighted by Crippen LogP contribution is -2.26. The predicted octanol–water partition coefficient (Wildman–Crippen LogP) is 1.83. The van der Waals surface area contributed by atoms with Crippen LogP contribution in [0.1, 0.15) is 44.0 Å². The highest BCUT2D eigenvalue weighted by atomic mass is 16.5. The molecule has 4 heteroatoms. The molecular formula is C13H20N2O2. The molecule has 1 aliphatic heterocycles. The Balaban J connectivity index is 2.03. The van der Waals surface area contributed by atoms with Crippen LogP contribution in [0.2, 0.25) is 0 Å². The van der Waals surface area contributed by atoms with Crippen LogP contribution in [0.5, 0.6) is 0 Å². The SMILES string of the molecule is CCCc1ncc(CC2CCCCO2)c(=O)[nH]1. The molecule has 1 unspecified atom stereocenters. The lowest BCUT2D eigenvalue weighted by atomic mass is 10.0. The summed E-state index contributed by atoms with van der Waals surface area (Å²) in [5, 5.41) is 0. The number of nitrogens with one attached hydrogen (secondary N) is 1. The molecule has 2 heterocycles. The number of aromatic amines is 1. The van der Waals surface area contributed by atoms with Gasteiger partial charge in [-0.3, -0.25) is 4.79 Å². The summed E-state index contributed by atoms with van der Waals surface area (Å²) in [7, 11) is 0. The maximum absolute atomic E-state index is 11.8. The Morgan fingerprint density at radius 1 is 1.53 bits per heavy atom. The van der Waals surface area contributed by atoms with Gasteiger partial charge in [-0.25, -0.2) is 4.98 Å². The zero-order valence-corrected chi connectivity index (χ0v) is 10.4. The average molecular weight is 236 g/mol. The van der Waals surface area contributed by atoms with E-state index in [9.17, 15) is 4.79 Å². The van der Waals surface area contributed by atoms with Crippen molar-refractivity contribution in [1.82, 2.24) is 9.97 Å². The molecule has 1 saturated heterocycles. The molecule has 0 saturated carbocycles. The highest BCUT2D eigenvalue weighted by Gasteiger charge is 2.16. The third kappa shape index (κ3) is 3.40. The zero-order chi connectivity index (χ0) is 12.1. The van der Waals surface area contributed by atoms with Gasteiger partial charge >= 0.3 is 0 Å². The number of aryl methyl sites for hydroxylation is 1. The van der Waals surface area contributed by atoms with Gasteiger partial charge in [0.1, 0.15) is 5.82 Å². The summed E-state index contributed by atoms with van der Waals surface area (Å²) < 4.78 is 5.63. The topological polar surface area (TPSA) is 55.0 Å². The number of hydrogen-bond acceptors (Lipinski definition) is 3. The number of rotatable bonds is 4. The van der Waals surface area contributed by atoms with E-state index in [1.165, 1.54) is 6.42 Å². The minimum atomic E-state index is -0.00220. The Bertz CT molecular complexity index is 408. The number of ether oxygens (including phenoxy) is 1. The van der Waals surface area contributed by atoms with Gasteiger partial charge in [0.25, 0.3) is 5.56 Å². The van der Waals surface area contributed by atoms with E-state index in [2.05, 4.69) is 16.9 Å².